The first kappa shape index (κ1) is 19.4. The summed E-state index contributed by atoms with van der Waals surface area (Å²) >= 11 is -1.89. The standard InChI is InChI=1S/C13H11F3N5O.2CH3.Sn/c1-2-17-11-18-7-19-12(21-11)20-10(22)8-3-5-9(6-4-8)13(14,15)16;;;/h3-6H,2H2,1H3,(H2,17,18,19,20,21,22);2*1H3;. The number of nitrogens with zero attached hydrogens (tertiary/aromatic N) is 3. The predicted octanol–water partition coefficient (Wildman–Crippen LogP) is 2.54. The molecule has 2 aromatic rings. The molecule has 2 rings (SSSR count). The summed E-state index contributed by atoms with van der Waals surface area (Å²) in [5, 5.41) is 5.49. The van der Waals surface area contributed by atoms with Crippen LogP contribution >= 0.6 is 0 Å². The van der Waals surface area contributed by atoms with Gasteiger partial charge in [0, 0.05) is 0 Å². The van der Waals surface area contributed by atoms with E-state index in [0.29, 0.717) is 16.3 Å². The molecule has 1 aromatic heterocycles. The molecule has 0 spiro atoms. The number of alkyl halides is 3. The van der Waals surface area contributed by atoms with Crippen molar-refractivity contribution >= 4 is 41.4 Å². The average molecular weight is 459 g/mol. The van der Waals surface area contributed by atoms with Crippen LogP contribution in [0, 0.1) is 0 Å². The zero-order chi connectivity index (χ0) is 18.6. The molecule has 0 bridgehead atoms. The van der Waals surface area contributed by atoms with Crippen molar-refractivity contribution < 1.29 is 18.0 Å². The fourth-order valence-corrected chi connectivity index (χ4v) is 3.76. The minimum atomic E-state index is -4.44. The van der Waals surface area contributed by atoms with Gasteiger partial charge in [0.05, 0.1) is 0 Å². The Kier molecular flexibility index (Phi) is 6.20. The number of carbonyl (C=O) groups is 1. The summed E-state index contributed by atoms with van der Waals surface area (Å²) in [6.45, 7) is 2.50. The first-order chi connectivity index (χ1) is 11.7. The fraction of sp³-hybridized carbons (Fsp3) is 0.333. The molecular weight excluding hydrogens is 442 g/mol. The first-order valence-corrected chi connectivity index (χ1v) is 14.6. The van der Waals surface area contributed by atoms with Crippen molar-refractivity contribution in [3.8, 4) is 0 Å². The molecule has 0 aliphatic rings. The number of hydrogen-bond donors (Lipinski definition) is 2. The summed E-state index contributed by atoms with van der Waals surface area (Å²) < 4.78 is 38.4. The number of hydrogen-bond acceptors (Lipinski definition) is 5. The van der Waals surface area contributed by atoms with Gasteiger partial charge in [-0.25, -0.2) is 0 Å². The molecule has 0 saturated heterocycles. The van der Waals surface area contributed by atoms with Crippen LogP contribution in [0.1, 0.15) is 22.8 Å². The molecule has 133 valence electrons. The minimum absolute atomic E-state index is 0.0897. The molecular formula is C15H17F3N5OSn. The third-order valence-corrected chi connectivity index (χ3v) is 6.31. The van der Waals surface area contributed by atoms with Gasteiger partial charge in [0.1, 0.15) is 0 Å². The van der Waals surface area contributed by atoms with Crippen molar-refractivity contribution in [2.75, 3.05) is 17.2 Å². The molecule has 0 unspecified atom stereocenters. The van der Waals surface area contributed by atoms with Crippen molar-refractivity contribution in [2.24, 2.45) is 0 Å². The van der Waals surface area contributed by atoms with Crippen molar-refractivity contribution in [2.45, 2.75) is 23.0 Å². The maximum atomic E-state index is 12.6. The molecule has 25 heavy (non-hydrogen) atoms. The van der Waals surface area contributed by atoms with Gasteiger partial charge in [0.2, 0.25) is 0 Å². The van der Waals surface area contributed by atoms with Gasteiger partial charge in [-0.15, -0.1) is 0 Å². The van der Waals surface area contributed by atoms with Crippen LogP contribution in [0.3, 0.4) is 0 Å². The monoisotopic (exact) mass is 460 g/mol. The van der Waals surface area contributed by atoms with E-state index in [4.69, 9.17) is 0 Å². The number of amides is 1. The van der Waals surface area contributed by atoms with Crippen molar-refractivity contribution in [3.05, 3.63) is 35.4 Å². The molecule has 1 radical (unpaired) electrons. The van der Waals surface area contributed by atoms with E-state index in [2.05, 4.69) is 35.5 Å². The van der Waals surface area contributed by atoms with Crippen molar-refractivity contribution in [3.63, 3.8) is 0 Å². The van der Waals surface area contributed by atoms with E-state index in [1.54, 1.807) is 0 Å². The molecule has 1 heterocycles. The van der Waals surface area contributed by atoms with Gasteiger partial charge in [0.25, 0.3) is 0 Å². The fourth-order valence-electron chi connectivity index (χ4n) is 1.88. The second-order valence-corrected chi connectivity index (χ2v) is 12.4. The van der Waals surface area contributed by atoms with E-state index in [0.717, 1.165) is 24.3 Å². The van der Waals surface area contributed by atoms with Crippen LogP contribution in [-0.4, -0.2) is 47.2 Å². The van der Waals surface area contributed by atoms with Gasteiger partial charge < -0.3 is 0 Å². The van der Waals surface area contributed by atoms with Crippen LogP contribution in [0.5, 0.6) is 0 Å². The van der Waals surface area contributed by atoms with Gasteiger partial charge >= 0.3 is 150 Å². The van der Waals surface area contributed by atoms with Crippen molar-refractivity contribution in [1.29, 1.82) is 0 Å². The first-order valence-electron chi connectivity index (χ1n) is 7.49. The zero-order valence-electron chi connectivity index (χ0n) is 13.9. The SMILES string of the molecule is CCNc1nc(NC(=O)c2ccc(C(F)(F)F)cc2)n[c]([Sn]([CH3])[CH3])n1. The Balaban J connectivity index is 2.22. The summed E-state index contributed by atoms with van der Waals surface area (Å²) in [5.41, 5.74) is -0.721. The van der Waals surface area contributed by atoms with Crippen LogP contribution in [0.2, 0.25) is 9.88 Å². The van der Waals surface area contributed by atoms with E-state index in [1.165, 1.54) is 0 Å². The number of carbonyl (C=O) groups excluding carboxylic acids is 1. The third-order valence-electron chi connectivity index (χ3n) is 3.12. The van der Waals surface area contributed by atoms with Crippen LogP contribution in [0.4, 0.5) is 25.1 Å². The molecule has 6 nitrogen and oxygen atoms in total. The molecule has 0 aliphatic carbocycles. The molecule has 0 atom stereocenters. The number of aromatic nitrogens is 3. The summed E-state index contributed by atoms with van der Waals surface area (Å²) in [4.78, 5) is 29.1. The Morgan fingerprint density at radius 3 is 2.20 bits per heavy atom. The Labute approximate surface area is 150 Å². The van der Waals surface area contributed by atoms with E-state index >= 15 is 0 Å². The molecule has 10 heteroatoms. The van der Waals surface area contributed by atoms with Gasteiger partial charge in [-0.3, -0.25) is 0 Å². The molecule has 1 aromatic carbocycles. The second-order valence-electron chi connectivity index (χ2n) is 5.37. The predicted molar refractivity (Wildman–Crippen MR) is 90.5 cm³/mol. The van der Waals surface area contributed by atoms with E-state index in [9.17, 15) is 18.0 Å². The zero-order valence-corrected chi connectivity index (χ0v) is 16.8. The number of halogens is 3. The summed E-state index contributed by atoms with van der Waals surface area (Å²) in [6, 6.07) is 3.96. The molecule has 1 amide bonds. The molecule has 2 N–H and O–H groups in total. The quantitative estimate of drug-likeness (QED) is 0.673. The number of rotatable bonds is 5. The molecule has 0 aliphatic heterocycles. The Hall–Kier alpha value is -1.91. The average Bonchev–Trinajstić information content (AvgIpc) is 2.54. The maximum absolute atomic E-state index is 12.6. The van der Waals surface area contributed by atoms with Crippen LogP contribution in [-0.2, 0) is 6.18 Å². The normalized spacial score (nSPS) is 11.5. The topological polar surface area (TPSA) is 79.8 Å². The third kappa shape index (κ3) is 5.28. The van der Waals surface area contributed by atoms with Crippen molar-refractivity contribution in [1.82, 2.24) is 15.0 Å². The van der Waals surface area contributed by atoms with Gasteiger partial charge in [-0.2, -0.15) is 0 Å². The van der Waals surface area contributed by atoms with E-state index < -0.39 is 37.4 Å². The number of anilines is 2. The van der Waals surface area contributed by atoms with Gasteiger partial charge in [-0.1, -0.05) is 0 Å². The van der Waals surface area contributed by atoms with E-state index in [1.807, 2.05) is 6.92 Å². The van der Waals surface area contributed by atoms with E-state index in [-0.39, 0.29) is 11.5 Å². The Bertz CT molecular complexity index is 750. The second kappa shape index (κ2) is 7.98. The Morgan fingerprint density at radius 2 is 1.68 bits per heavy atom. The summed E-state index contributed by atoms with van der Waals surface area (Å²) in [5.74, 6) is -0.115. The summed E-state index contributed by atoms with van der Waals surface area (Å²) in [6.07, 6.45) is -4.44. The summed E-state index contributed by atoms with van der Waals surface area (Å²) in [7, 11) is 0. The van der Waals surface area contributed by atoms with Crippen LogP contribution in [0.25, 0.3) is 0 Å². The van der Waals surface area contributed by atoms with Gasteiger partial charge in [-0.05, 0) is 0 Å². The Morgan fingerprint density at radius 1 is 1.08 bits per heavy atom. The molecule has 0 fully saturated rings. The van der Waals surface area contributed by atoms with Crippen LogP contribution < -0.4 is 14.5 Å². The van der Waals surface area contributed by atoms with Gasteiger partial charge in [0.15, 0.2) is 0 Å². The molecule has 0 saturated carbocycles. The number of benzene rings is 1. The number of nitrogens with one attached hydrogen (secondary N) is 2. The van der Waals surface area contributed by atoms with Crippen LogP contribution in [0.15, 0.2) is 24.3 Å².